The third kappa shape index (κ3) is 3.94. The number of aryl methyl sites for hydroxylation is 1. The molecule has 1 aromatic rings. The maximum absolute atomic E-state index is 13.1. The number of benzene rings is 1. The Balaban J connectivity index is 2.76. The summed E-state index contributed by atoms with van der Waals surface area (Å²) in [5, 5.41) is 14.6. The molecule has 0 saturated carbocycles. The first-order valence-corrected chi connectivity index (χ1v) is 5.56. The average molecular weight is 239 g/mol. The normalized spacial score (nSPS) is 13.5. The van der Waals surface area contributed by atoms with Gasteiger partial charge < -0.3 is 16.3 Å². The largest absolute Gasteiger partial charge is 0.409 e. The third-order valence-corrected chi connectivity index (χ3v) is 2.64. The molecule has 0 bridgehead atoms. The molecule has 4 nitrogen and oxygen atoms in total. The monoisotopic (exact) mass is 239 g/mol. The molecule has 1 aromatic carbocycles. The molecule has 1 atom stereocenters. The van der Waals surface area contributed by atoms with E-state index in [2.05, 4.69) is 10.5 Å². The van der Waals surface area contributed by atoms with Crippen molar-refractivity contribution in [3.8, 4) is 0 Å². The van der Waals surface area contributed by atoms with E-state index in [1.54, 1.807) is 6.07 Å². The van der Waals surface area contributed by atoms with Gasteiger partial charge in [0.15, 0.2) is 0 Å². The highest BCUT2D eigenvalue weighted by molar-refractivity contribution is 5.80. The van der Waals surface area contributed by atoms with Gasteiger partial charge in [0.25, 0.3) is 0 Å². The predicted octanol–water partition coefficient (Wildman–Crippen LogP) is 2.46. The minimum absolute atomic E-state index is 0.0198. The molecule has 0 spiro atoms. The van der Waals surface area contributed by atoms with E-state index in [0.717, 1.165) is 17.7 Å². The van der Waals surface area contributed by atoms with E-state index in [1.165, 1.54) is 12.1 Å². The first-order valence-electron chi connectivity index (χ1n) is 5.56. The van der Waals surface area contributed by atoms with Crippen LogP contribution in [0.5, 0.6) is 0 Å². The van der Waals surface area contributed by atoms with Crippen molar-refractivity contribution in [3.05, 3.63) is 29.6 Å². The molecule has 0 aliphatic carbocycles. The molecule has 0 heterocycles. The van der Waals surface area contributed by atoms with Crippen LogP contribution in [0.4, 0.5) is 10.1 Å². The highest BCUT2D eigenvalue weighted by atomic mass is 19.1. The number of hydrogen-bond donors (Lipinski definition) is 3. The molecular weight excluding hydrogens is 221 g/mol. The van der Waals surface area contributed by atoms with E-state index in [-0.39, 0.29) is 17.7 Å². The van der Waals surface area contributed by atoms with Gasteiger partial charge in [-0.2, -0.15) is 0 Å². The second-order valence-corrected chi connectivity index (χ2v) is 4.00. The topological polar surface area (TPSA) is 70.6 Å². The second-order valence-electron chi connectivity index (χ2n) is 4.00. The van der Waals surface area contributed by atoms with Crippen LogP contribution in [0.1, 0.15) is 25.3 Å². The van der Waals surface area contributed by atoms with Gasteiger partial charge >= 0.3 is 0 Å². The van der Waals surface area contributed by atoms with Gasteiger partial charge in [-0.3, -0.25) is 0 Å². The van der Waals surface area contributed by atoms with E-state index in [1.807, 2.05) is 13.8 Å². The summed E-state index contributed by atoms with van der Waals surface area (Å²) in [6.07, 6.45) is 1.22. The number of nitrogens with two attached hydrogens (primary N) is 1. The van der Waals surface area contributed by atoms with Crippen molar-refractivity contribution in [2.24, 2.45) is 10.9 Å². The average Bonchev–Trinajstić information content (AvgIpc) is 2.32. The van der Waals surface area contributed by atoms with E-state index in [9.17, 15) is 4.39 Å². The van der Waals surface area contributed by atoms with Crippen LogP contribution in [0.25, 0.3) is 0 Å². The molecule has 0 aliphatic rings. The Morgan fingerprint density at radius 3 is 2.88 bits per heavy atom. The Labute approximate surface area is 100 Å². The maximum Gasteiger partial charge on any atom is 0.141 e. The summed E-state index contributed by atoms with van der Waals surface area (Å²) in [4.78, 5) is 0. The standard InChI is InChI=1S/C12H18FN3O/c1-3-10(7-12(14)16-17)15-11-6-9(13)5-4-8(11)2/h4-6,10,15,17H,3,7H2,1-2H3,(H2,14,16). The summed E-state index contributed by atoms with van der Waals surface area (Å²) < 4.78 is 13.1. The van der Waals surface area contributed by atoms with E-state index < -0.39 is 0 Å². The van der Waals surface area contributed by atoms with E-state index in [4.69, 9.17) is 10.9 Å². The molecule has 1 rings (SSSR count). The van der Waals surface area contributed by atoms with Gasteiger partial charge in [-0.1, -0.05) is 18.1 Å². The Bertz CT molecular complexity index is 407. The zero-order valence-corrected chi connectivity index (χ0v) is 10.1. The Kier molecular flexibility index (Phi) is 4.75. The quantitative estimate of drug-likeness (QED) is 0.320. The Morgan fingerprint density at radius 1 is 1.59 bits per heavy atom. The summed E-state index contributed by atoms with van der Waals surface area (Å²) in [6.45, 7) is 3.88. The first-order chi connectivity index (χ1) is 8.06. The predicted molar refractivity (Wildman–Crippen MR) is 66.9 cm³/mol. The lowest BCUT2D eigenvalue weighted by Gasteiger charge is -2.19. The zero-order chi connectivity index (χ0) is 12.8. The fourth-order valence-corrected chi connectivity index (χ4v) is 1.56. The molecule has 0 saturated heterocycles. The summed E-state index contributed by atoms with van der Waals surface area (Å²) in [7, 11) is 0. The van der Waals surface area contributed by atoms with Crippen molar-refractivity contribution >= 4 is 11.5 Å². The third-order valence-electron chi connectivity index (χ3n) is 2.64. The molecule has 0 fully saturated rings. The lowest BCUT2D eigenvalue weighted by atomic mass is 10.1. The van der Waals surface area contributed by atoms with Crippen molar-refractivity contribution < 1.29 is 9.60 Å². The second kappa shape index (κ2) is 6.08. The van der Waals surface area contributed by atoms with Crippen molar-refractivity contribution in [1.29, 1.82) is 0 Å². The highest BCUT2D eigenvalue weighted by Crippen LogP contribution is 2.18. The highest BCUT2D eigenvalue weighted by Gasteiger charge is 2.10. The number of nitrogens with one attached hydrogen (secondary N) is 1. The Hall–Kier alpha value is -1.78. The van der Waals surface area contributed by atoms with Crippen molar-refractivity contribution in [2.75, 3.05) is 5.32 Å². The minimum Gasteiger partial charge on any atom is -0.409 e. The molecular formula is C12H18FN3O. The minimum atomic E-state index is -0.281. The van der Waals surface area contributed by atoms with Crippen LogP contribution in [-0.2, 0) is 0 Å². The Morgan fingerprint density at radius 2 is 2.29 bits per heavy atom. The molecule has 17 heavy (non-hydrogen) atoms. The number of amidine groups is 1. The maximum atomic E-state index is 13.1. The van der Waals surface area contributed by atoms with Gasteiger partial charge in [-0.05, 0) is 31.0 Å². The molecule has 5 heteroatoms. The summed E-state index contributed by atoms with van der Waals surface area (Å²) in [5.74, 6) is -0.116. The van der Waals surface area contributed by atoms with Crippen LogP contribution in [0.2, 0.25) is 0 Å². The van der Waals surface area contributed by atoms with Crippen molar-refractivity contribution in [2.45, 2.75) is 32.7 Å². The number of rotatable bonds is 5. The molecule has 94 valence electrons. The van der Waals surface area contributed by atoms with Crippen LogP contribution in [0, 0.1) is 12.7 Å². The summed E-state index contributed by atoms with van der Waals surface area (Å²) >= 11 is 0. The van der Waals surface area contributed by atoms with Crippen LogP contribution >= 0.6 is 0 Å². The molecule has 0 aromatic heterocycles. The number of nitrogens with zero attached hydrogens (tertiary/aromatic N) is 1. The van der Waals surface area contributed by atoms with Gasteiger partial charge in [-0.15, -0.1) is 0 Å². The smallest absolute Gasteiger partial charge is 0.141 e. The van der Waals surface area contributed by atoms with Gasteiger partial charge in [0, 0.05) is 18.2 Å². The van der Waals surface area contributed by atoms with E-state index in [0.29, 0.717) is 6.42 Å². The van der Waals surface area contributed by atoms with Crippen LogP contribution in [0.3, 0.4) is 0 Å². The van der Waals surface area contributed by atoms with Gasteiger partial charge in [-0.25, -0.2) is 4.39 Å². The summed E-state index contributed by atoms with van der Waals surface area (Å²) in [5.41, 5.74) is 7.16. The molecule has 0 radical (unpaired) electrons. The van der Waals surface area contributed by atoms with E-state index >= 15 is 0 Å². The number of oxime groups is 1. The SMILES string of the molecule is CCC(CC(N)=NO)Nc1cc(F)ccc1C. The number of hydrogen-bond acceptors (Lipinski definition) is 3. The van der Waals surface area contributed by atoms with Gasteiger partial charge in [0.1, 0.15) is 11.7 Å². The fraction of sp³-hybridized carbons (Fsp3) is 0.417. The molecule has 0 amide bonds. The molecule has 0 aliphatic heterocycles. The number of halogens is 1. The first kappa shape index (κ1) is 13.3. The van der Waals surface area contributed by atoms with Gasteiger partial charge in [0.05, 0.1) is 0 Å². The molecule has 4 N–H and O–H groups in total. The van der Waals surface area contributed by atoms with Gasteiger partial charge in [0.2, 0.25) is 0 Å². The lowest BCUT2D eigenvalue weighted by molar-refractivity contribution is 0.316. The summed E-state index contributed by atoms with van der Waals surface area (Å²) in [6, 6.07) is 4.61. The number of anilines is 1. The fourth-order valence-electron chi connectivity index (χ4n) is 1.56. The van der Waals surface area contributed by atoms with Crippen LogP contribution in [-0.4, -0.2) is 17.1 Å². The van der Waals surface area contributed by atoms with Crippen molar-refractivity contribution in [1.82, 2.24) is 0 Å². The van der Waals surface area contributed by atoms with Crippen LogP contribution < -0.4 is 11.1 Å². The van der Waals surface area contributed by atoms with Crippen molar-refractivity contribution in [3.63, 3.8) is 0 Å². The molecule has 1 unspecified atom stereocenters. The lowest BCUT2D eigenvalue weighted by Crippen LogP contribution is -2.26. The van der Waals surface area contributed by atoms with Crippen LogP contribution in [0.15, 0.2) is 23.4 Å². The zero-order valence-electron chi connectivity index (χ0n) is 10.1.